The molecule has 0 aliphatic carbocycles. The zero-order valence-corrected chi connectivity index (χ0v) is 7.83. The molecule has 0 bridgehead atoms. The normalized spacial score (nSPS) is 10.9. The van der Waals surface area contributed by atoms with Crippen LogP contribution in [0.4, 0.5) is 0 Å². The first-order chi connectivity index (χ1) is 6.86. The lowest BCUT2D eigenvalue weighted by Crippen LogP contribution is -1.89. The average molecular weight is 186 g/mol. The molecular formula is C10H10N4. The topological polar surface area (TPSA) is 43.6 Å². The predicted molar refractivity (Wildman–Crippen MR) is 54.2 cm³/mol. The van der Waals surface area contributed by atoms with Gasteiger partial charge in [-0.25, -0.2) is 15.0 Å². The Morgan fingerprint density at radius 1 is 1.21 bits per heavy atom. The predicted octanol–water partition coefficient (Wildman–Crippen LogP) is 1.38. The van der Waals surface area contributed by atoms with E-state index < -0.39 is 0 Å². The van der Waals surface area contributed by atoms with Gasteiger partial charge in [0.15, 0.2) is 5.82 Å². The van der Waals surface area contributed by atoms with Crippen LogP contribution in [0.15, 0.2) is 31.0 Å². The van der Waals surface area contributed by atoms with Gasteiger partial charge in [-0.3, -0.25) is 0 Å². The lowest BCUT2D eigenvalue weighted by Gasteiger charge is -1.94. The number of nitrogens with zero attached hydrogens (tertiary/aromatic N) is 4. The molecule has 0 fully saturated rings. The van der Waals surface area contributed by atoms with E-state index in [4.69, 9.17) is 0 Å². The number of aryl methyl sites for hydroxylation is 1. The van der Waals surface area contributed by atoms with E-state index in [-0.39, 0.29) is 0 Å². The number of hydrogen-bond donors (Lipinski definition) is 0. The standard InChI is InChI=1S/C10H10N4/c1-14-6-2-3-9(14)4-5-10-12-7-11-8-13-10/h2-8H,1H3/b5-4+. The van der Waals surface area contributed by atoms with Gasteiger partial charge in [-0.05, 0) is 24.3 Å². The first kappa shape index (κ1) is 8.62. The van der Waals surface area contributed by atoms with E-state index in [1.165, 1.54) is 12.7 Å². The summed E-state index contributed by atoms with van der Waals surface area (Å²) >= 11 is 0. The summed E-state index contributed by atoms with van der Waals surface area (Å²) in [7, 11) is 1.99. The van der Waals surface area contributed by atoms with Crippen molar-refractivity contribution < 1.29 is 0 Å². The van der Waals surface area contributed by atoms with Crippen molar-refractivity contribution in [3.05, 3.63) is 42.5 Å². The second kappa shape index (κ2) is 3.83. The van der Waals surface area contributed by atoms with Crippen LogP contribution in [0.5, 0.6) is 0 Å². The molecule has 0 aliphatic rings. The number of hydrogen-bond acceptors (Lipinski definition) is 3. The Hall–Kier alpha value is -1.97. The zero-order valence-electron chi connectivity index (χ0n) is 7.83. The van der Waals surface area contributed by atoms with Crippen LogP contribution in [-0.4, -0.2) is 19.5 Å². The van der Waals surface area contributed by atoms with Gasteiger partial charge in [0.2, 0.25) is 0 Å². The molecule has 0 saturated heterocycles. The second-order valence-electron chi connectivity index (χ2n) is 2.87. The van der Waals surface area contributed by atoms with Crippen molar-refractivity contribution in [2.75, 3.05) is 0 Å². The minimum Gasteiger partial charge on any atom is -0.351 e. The van der Waals surface area contributed by atoms with Crippen molar-refractivity contribution in [2.24, 2.45) is 7.05 Å². The van der Waals surface area contributed by atoms with E-state index in [9.17, 15) is 0 Å². The summed E-state index contributed by atoms with van der Waals surface area (Å²) in [5.74, 6) is 0.668. The molecule has 0 spiro atoms. The highest BCUT2D eigenvalue weighted by atomic mass is 15.0. The Morgan fingerprint density at radius 3 is 2.64 bits per heavy atom. The van der Waals surface area contributed by atoms with Crippen molar-refractivity contribution in [1.82, 2.24) is 19.5 Å². The lowest BCUT2D eigenvalue weighted by atomic mass is 10.3. The van der Waals surface area contributed by atoms with E-state index in [0.717, 1.165) is 5.69 Å². The fourth-order valence-electron chi connectivity index (χ4n) is 1.14. The van der Waals surface area contributed by atoms with Gasteiger partial charge in [0.1, 0.15) is 12.7 Å². The molecule has 4 nitrogen and oxygen atoms in total. The molecule has 4 heteroatoms. The highest BCUT2D eigenvalue weighted by Crippen LogP contribution is 2.04. The third-order valence-corrected chi connectivity index (χ3v) is 1.90. The van der Waals surface area contributed by atoms with Crippen LogP contribution in [0.1, 0.15) is 11.5 Å². The van der Waals surface area contributed by atoms with Gasteiger partial charge >= 0.3 is 0 Å². The maximum Gasteiger partial charge on any atom is 0.155 e. The van der Waals surface area contributed by atoms with Gasteiger partial charge in [-0.15, -0.1) is 0 Å². The molecule has 70 valence electrons. The summed E-state index contributed by atoms with van der Waals surface area (Å²) < 4.78 is 2.03. The van der Waals surface area contributed by atoms with Gasteiger partial charge in [-0.1, -0.05) is 0 Å². The number of rotatable bonds is 2. The maximum absolute atomic E-state index is 3.99. The molecule has 0 N–H and O–H groups in total. The van der Waals surface area contributed by atoms with E-state index in [1.807, 2.05) is 42.1 Å². The molecule has 14 heavy (non-hydrogen) atoms. The Bertz CT molecular complexity index is 430. The molecule has 2 aromatic rings. The Kier molecular flexibility index (Phi) is 2.36. The lowest BCUT2D eigenvalue weighted by molar-refractivity contribution is 0.915. The Morgan fingerprint density at radius 2 is 2.00 bits per heavy atom. The van der Waals surface area contributed by atoms with Crippen molar-refractivity contribution in [2.45, 2.75) is 0 Å². The molecule has 2 heterocycles. The van der Waals surface area contributed by atoms with Gasteiger partial charge in [-0.2, -0.15) is 0 Å². The smallest absolute Gasteiger partial charge is 0.155 e. The summed E-state index contributed by atoms with van der Waals surface area (Å²) in [5.41, 5.74) is 1.12. The molecule has 0 atom stereocenters. The fourth-order valence-corrected chi connectivity index (χ4v) is 1.14. The molecule has 0 aromatic carbocycles. The van der Waals surface area contributed by atoms with Crippen LogP contribution < -0.4 is 0 Å². The second-order valence-corrected chi connectivity index (χ2v) is 2.87. The largest absolute Gasteiger partial charge is 0.351 e. The van der Waals surface area contributed by atoms with E-state index in [1.54, 1.807) is 0 Å². The molecule has 0 amide bonds. The molecule has 0 unspecified atom stereocenters. The first-order valence-corrected chi connectivity index (χ1v) is 4.28. The van der Waals surface area contributed by atoms with E-state index in [2.05, 4.69) is 15.0 Å². The van der Waals surface area contributed by atoms with E-state index in [0.29, 0.717) is 5.82 Å². The molecule has 2 rings (SSSR count). The van der Waals surface area contributed by atoms with Crippen molar-refractivity contribution in [1.29, 1.82) is 0 Å². The van der Waals surface area contributed by atoms with E-state index >= 15 is 0 Å². The van der Waals surface area contributed by atoms with Crippen molar-refractivity contribution in [3.63, 3.8) is 0 Å². The summed E-state index contributed by atoms with van der Waals surface area (Å²) in [5, 5.41) is 0. The van der Waals surface area contributed by atoms with Crippen LogP contribution >= 0.6 is 0 Å². The molecular weight excluding hydrogens is 176 g/mol. The average Bonchev–Trinajstić information content (AvgIpc) is 2.63. The van der Waals surface area contributed by atoms with Crippen molar-refractivity contribution >= 4 is 12.2 Å². The summed E-state index contributed by atoms with van der Waals surface area (Å²) in [6.07, 6.45) is 8.79. The fraction of sp³-hybridized carbons (Fsp3) is 0.100. The minimum absolute atomic E-state index is 0.668. The van der Waals surface area contributed by atoms with Crippen LogP contribution in [0.3, 0.4) is 0 Å². The molecule has 2 aromatic heterocycles. The minimum atomic E-state index is 0.668. The summed E-state index contributed by atoms with van der Waals surface area (Å²) in [6, 6.07) is 4.02. The molecule has 0 saturated carbocycles. The van der Waals surface area contributed by atoms with Crippen LogP contribution in [-0.2, 0) is 7.05 Å². The van der Waals surface area contributed by atoms with Crippen LogP contribution in [0.25, 0.3) is 12.2 Å². The van der Waals surface area contributed by atoms with Gasteiger partial charge in [0.05, 0.1) is 0 Å². The quantitative estimate of drug-likeness (QED) is 0.711. The van der Waals surface area contributed by atoms with Gasteiger partial charge in [0.25, 0.3) is 0 Å². The Labute approximate surface area is 82.0 Å². The Balaban J connectivity index is 2.20. The van der Waals surface area contributed by atoms with Crippen LogP contribution in [0, 0.1) is 0 Å². The SMILES string of the molecule is Cn1cccc1/C=C/c1ncncn1. The number of aromatic nitrogens is 4. The third kappa shape index (κ3) is 1.85. The van der Waals surface area contributed by atoms with Gasteiger partial charge in [0, 0.05) is 18.9 Å². The molecule has 0 radical (unpaired) electrons. The van der Waals surface area contributed by atoms with Crippen LogP contribution in [0.2, 0.25) is 0 Å². The summed E-state index contributed by atoms with van der Waals surface area (Å²) in [4.78, 5) is 11.7. The highest BCUT2D eigenvalue weighted by Gasteiger charge is 1.91. The van der Waals surface area contributed by atoms with Crippen molar-refractivity contribution in [3.8, 4) is 0 Å². The first-order valence-electron chi connectivity index (χ1n) is 4.28. The molecule has 0 aliphatic heterocycles. The third-order valence-electron chi connectivity index (χ3n) is 1.90. The highest BCUT2D eigenvalue weighted by molar-refractivity contribution is 5.64. The summed E-state index contributed by atoms with van der Waals surface area (Å²) in [6.45, 7) is 0. The van der Waals surface area contributed by atoms with Gasteiger partial charge < -0.3 is 4.57 Å². The maximum atomic E-state index is 3.99. The monoisotopic (exact) mass is 186 g/mol. The zero-order chi connectivity index (χ0) is 9.80.